The van der Waals surface area contributed by atoms with Crippen LogP contribution >= 0.6 is 0 Å². The third-order valence-corrected chi connectivity index (χ3v) is 4.79. The third-order valence-electron chi connectivity index (χ3n) is 4.79. The Kier molecular flexibility index (Phi) is 13.2. The lowest BCUT2D eigenvalue weighted by atomic mass is 9.92. The predicted molar refractivity (Wildman–Crippen MR) is 117 cm³/mol. The van der Waals surface area contributed by atoms with Crippen molar-refractivity contribution in [3.63, 3.8) is 0 Å². The summed E-state index contributed by atoms with van der Waals surface area (Å²) in [6.45, 7) is 19.5. The van der Waals surface area contributed by atoms with Crippen molar-refractivity contribution in [2.45, 2.75) is 93.4 Å². The molecule has 1 atom stereocenters. The van der Waals surface area contributed by atoms with Crippen molar-refractivity contribution >= 4 is 0 Å². The van der Waals surface area contributed by atoms with Crippen LogP contribution in [0.2, 0.25) is 0 Å². The minimum absolute atomic E-state index is 0.606. The molecule has 0 nitrogen and oxygen atoms in total. The van der Waals surface area contributed by atoms with E-state index in [9.17, 15) is 0 Å². The van der Waals surface area contributed by atoms with E-state index in [2.05, 4.69) is 79.3 Å². The first-order valence-electron chi connectivity index (χ1n) is 9.98. The van der Waals surface area contributed by atoms with E-state index < -0.39 is 0 Å². The average molecular weight is 343 g/mol. The Morgan fingerprint density at radius 3 is 2.00 bits per heavy atom. The summed E-state index contributed by atoms with van der Waals surface area (Å²) < 4.78 is 0. The molecule has 1 unspecified atom stereocenters. The lowest BCUT2D eigenvalue weighted by Crippen LogP contribution is -1.96. The van der Waals surface area contributed by atoms with Crippen molar-refractivity contribution < 1.29 is 0 Å². The zero-order chi connectivity index (χ0) is 19.2. The first-order valence-corrected chi connectivity index (χ1v) is 9.98. The van der Waals surface area contributed by atoms with E-state index in [1.807, 2.05) is 0 Å². The second-order valence-electron chi connectivity index (χ2n) is 8.02. The predicted octanol–water partition coefficient (Wildman–Crippen LogP) is 8.73. The van der Waals surface area contributed by atoms with Gasteiger partial charge in [-0.3, -0.25) is 0 Å². The summed E-state index contributed by atoms with van der Waals surface area (Å²) in [7, 11) is 0. The van der Waals surface area contributed by atoms with Crippen molar-refractivity contribution in [3.8, 4) is 0 Å². The van der Waals surface area contributed by atoms with E-state index in [1.54, 1.807) is 11.1 Å². The van der Waals surface area contributed by atoms with Gasteiger partial charge in [-0.15, -0.1) is 6.58 Å². The van der Waals surface area contributed by atoms with Gasteiger partial charge >= 0.3 is 0 Å². The Morgan fingerprint density at radius 2 is 1.44 bits per heavy atom. The normalized spacial score (nSPS) is 13.8. The molecular formula is C25H42. The van der Waals surface area contributed by atoms with Gasteiger partial charge in [0, 0.05) is 0 Å². The standard InChI is InChI=1S/C25H42/c1-9-22(6)16-18-25(24(8)15-11-13-21(4)5)19-17-23(7)14-10-12-20(2)3/h9,12-14,22H,1,10-11,15-19H2,2-8H3/b23-14+,25-24+. The van der Waals surface area contributed by atoms with Gasteiger partial charge in [-0.05, 0) is 92.4 Å². The fraction of sp³-hybridized carbons (Fsp3) is 0.600. The summed E-state index contributed by atoms with van der Waals surface area (Å²) in [5, 5.41) is 0. The molecule has 0 bridgehead atoms. The molecule has 0 aliphatic rings. The summed E-state index contributed by atoms with van der Waals surface area (Å²) in [5.41, 5.74) is 7.62. The Balaban J connectivity index is 4.84. The molecule has 0 fully saturated rings. The molecule has 0 aromatic carbocycles. The van der Waals surface area contributed by atoms with Gasteiger partial charge in [0.1, 0.15) is 0 Å². The van der Waals surface area contributed by atoms with Gasteiger partial charge in [0.05, 0.1) is 0 Å². The van der Waals surface area contributed by atoms with Gasteiger partial charge in [-0.25, -0.2) is 0 Å². The van der Waals surface area contributed by atoms with Gasteiger partial charge in [0.15, 0.2) is 0 Å². The van der Waals surface area contributed by atoms with Crippen LogP contribution in [0, 0.1) is 5.92 Å². The maximum absolute atomic E-state index is 3.94. The highest BCUT2D eigenvalue weighted by atomic mass is 14.1. The minimum atomic E-state index is 0.606. The Labute approximate surface area is 158 Å². The van der Waals surface area contributed by atoms with Gasteiger partial charge in [-0.1, -0.05) is 59.1 Å². The van der Waals surface area contributed by atoms with Crippen molar-refractivity contribution in [2.24, 2.45) is 5.92 Å². The molecule has 0 saturated carbocycles. The largest absolute Gasteiger partial charge is 0.103 e. The van der Waals surface area contributed by atoms with Crippen molar-refractivity contribution in [2.75, 3.05) is 0 Å². The highest BCUT2D eigenvalue weighted by molar-refractivity contribution is 5.16. The van der Waals surface area contributed by atoms with E-state index in [-0.39, 0.29) is 0 Å². The Morgan fingerprint density at radius 1 is 0.800 bits per heavy atom. The zero-order valence-electron chi connectivity index (χ0n) is 18.0. The van der Waals surface area contributed by atoms with Gasteiger partial charge < -0.3 is 0 Å². The molecule has 0 radical (unpaired) electrons. The smallest absolute Gasteiger partial charge is 0.0164 e. The Bertz CT molecular complexity index is 500. The lowest BCUT2D eigenvalue weighted by molar-refractivity contribution is 0.626. The molecule has 142 valence electrons. The topological polar surface area (TPSA) is 0 Å². The molecule has 0 aromatic rings. The van der Waals surface area contributed by atoms with Crippen molar-refractivity contribution in [3.05, 3.63) is 58.7 Å². The molecule has 0 saturated heterocycles. The van der Waals surface area contributed by atoms with Gasteiger partial charge in [0.25, 0.3) is 0 Å². The summed E-state index contributed by atoms with van der Waals surface area (Å²) in [6.07, 6.45) is 17.4. The molecular weight excluding hydrogens is 300 g/mol. The van der Waals surface area contributed by atoms with Crippen LogP contribution in [0.5, 0.6) is 0 Å². The number of rotatable bonds is 12. The second kappa shape index (κ2) is 13.9. The molecule has 0 aliphatic heterocycles. The first kappa shape index (κ1) is 23.7. The van der Waals surface area contributed by atoms with E-state index >= 15 is 0 Å². The molecule has 0 amide bonds. The molecule has 0 rings (SSSR count). The van der Waals surface area contributed by atoms with Crippen LogP contribution in [0.4, 0.5) is 0 Å². The van der Waals surface area contributed by atoms with Crippen LogP contribution < -0.4 is 0 Å². The van der Waals surface area contributed by atoms with Crippen LogP contribution in [0.1, 0.15) is 93.4 Å². The number of hydrogen-bond acceptors (Lipinski definition) is 0. The molecule has 0 N–H and O–H groups in total. The summed E-state index contributed by atoms with van der Waals surface area (Å²) in [6, 6.07) is 0. The first-order chi connectivity index (χ1) is 11.8. The lowest BCUT2D eigenvalue weighted by Gasteiger charge is -2.15. The summed E-state index contributed by atoms with van der Waals surface area (Å²) >= 11 is 0. The van der Waals surface area contributed by atoms with Crippen molar-refractivity contribution in [1.29, 1.82) is 0 Å². The minimum Gasteiger partial charge on any atom is -0.103 e. The number of hydrogen-bond donors (Lipinski definition) is 0. The molecule has 0 heteroatoms. The molecule has 25 heavy (non-hydrogen) atoms. The van der Waals surface area contributed by atoms with E-state index in [0.717, 1.165) is 6.42 Å². The summed E-state index contributed by atoms with van der Waals surface area (Å²) in [4.78, 5) is 0. The fourth-order valence-corrected chi connectivity index (χ4v) is 2.77. The molecule has 0 heterocycles. The monoisotopic (exact) mass is 342 g/mol. The highest BCUT2D eigenvalue weighted by Crippen LogP contribution is 2.25. The van der Waals surface area contributed by atoms with E-state index in [1.165, 1.54) is 55.2 Å². The summed E-state index contributed by atoms with van der Waals surface area (Å²) in [5.74, 6) is 0.606. The van der Waals surface area contributed by atoms with Gasteiger partial charge in [0.2, 0.25) is 0 Å². The fourth-order valence-electron chi connectivity index (χ4n) is 2.77. The quantitative estimate of drug-likeness (QED) is 0.311. The van der Waals surface area contributed by atoms with Crippen LogP contribution in [0.15, 0.2) is 58.7 Å². The SMILES string of the molecule is C=CC(C)CC/C(CC/C(C)=C/CC=C(C)C)=C(/C)CCC=C(C)C. The number of allylic oxidation sites excluding steroid dienone is 9. The third kappa shape index (κ3) is 13.6. The van der Waals surface area contributed by atoms with Crippen LogP contribution in [-0.2, 0) is 0 Å². The zero-order valence-corrected chi connectivity index (χ0v) is 18.0. The highest BCUT2D eigenvalue weighted by Gasteiger charge is 2.06. The van der Waals surface area contributed by atoms with E-state index in [4.69, 9.17) is 0 Å². The molecule has 0 spiro atoms. The van der Waals surface area contributed by atoms with Crippen molar-refractivity contribution in [1.82, 2.24) is 0 Å². The van der Waals surface area contributed by atoms with Crippen LogP contribution in [0.3, 0.4) is 0 Å². The van der Waals surface area contributed by atoms with Gasteiger partial charge in [-0.2, -0.15) is 0 Å². The maximum Gasteiger partial charge on any atom is -0.0164 e. The maximum atomic E-state index is 3.94. The Hall–Kier alpha value is -1.30. The molecule has 0 aromatic heterocycles. The van der Waals surface area contributed by atoms with Crippen LogP contribution in [0.25, 0.3) is 0 Å². The van der Waals surface area contributed by atoms with Crippen LogP contribution in [-0.4, -0.2) is 0 Å². The molecule has 0 aliphatic carbocycles. The average Bonchev–Trinajstić information content (AvgIpc) is 2.53. The second-order valence-corrected chi connectivity index (χ2v) is 8.02. The van der Waals surface area contributed by atoms with E-state index in [0.29, 0.717) is 5.92 Å².